The molecule has 1 aromatic carbocycles. The lowest BCUT2D eigenvalue weighted by Gasteiger charge is -2.17. The lowest BCUT2D eigenvalue weighted by atomic mass is 10.1. The topological polar surface area (TPSA) is 74.3 Å². The fraction of sp³-hybridized carbons (Fsp3) is 0.316. The molecule has 2 aromatic rings. The zero-order valence-corrected chi connectivity index (χ0v) is 16.3. The third-order valence-electron chi connectivity index (χ3n) is 4.83. The van der Waals surface area contributed by atoms with Gasteiger partial charge in [-0.25, -0.2) is 0 Å². The molecular formula is C19H22Cl2N4O2. The molecule has 1 aromatic heterocycles. The first kappa shape index (κ1) is 21.2. The molecule has 1 atom stereocenters. The first-order chi connectivity index (χ1) is 12.2. The van der Waals surface area contributed by atoms with Crippen LogP contribution in [0.3, 0.4) is 0 Å². The van der Waals surface area contributed by atoms with Crippen LogP contribution in [0, 0.1) is 5.92 Å². The van der Waals surface area contributed by atoms with Gasteiger partial charge in [0.15, 0.2) is 0 Å². The van der Waals surface area contributed by atoms with Crippen molar-refractivity contribution in [3.05, 3.63) is 53.9 Å². The second-order valence-electron chi connectivity index (χ2n) is 6.47. The average Bonchev–Trinajstić information content (AvgIpc) is 3.31. The maximum Gasteiger partial charge on any atom is 0.259 e. The van der Waals surface area contributed by atoms with Gasteiger partial charge in [-0.1, -0.05) is 0 Å². The van der Waals surface area contributed by atoms with Gasteiger partial charge in [0.1, 0.15) is 0 Å². The molecule has 2 amide bonds. The van der Waals surface area contributed by atoms with Crippen molar-refractivity contribution in [2.45, 2.75) is 12.8 Å². The van der Waals surface area contributed by atoms with Crippen molar-refractivity contribution in [3.8, 4) is 0 Å². The maximum atomic E-state index is 12.7. The van der Waals surface area contributed by atoms with Crippen LogP contribution < -0.4 is 15.5 Å². The number of hydrogen-bond acceptors (Lipinski definition) is 4. The van der Waals surface area contributed by atoms with Crippen LogP contribution in [-0.2, 0) is 11.2 Å². The van der Waals surface area contributed by atoms with Gasteiger partial charge < -0.3 is 15.5 Å². The number of halogens is 2. The molecule has 1 saturated heterocycles. The van der Waals surface area contributed by atoms with E-state index in [1.807, 2.05) is 18.2 Å². The summed E-state index contributed by atoms with van der Waals surface area (Å²) in [6, 6.07) is 9.30. The Morgan fingerprint density at radius 2 is 2.07 bits per heavy atom. The number of amides is 2. The van der Waals surface area contributed by atoms with Gasteiger partial charge in [0.05, 0.1) is 11.5 Å². The van der Waals surface area contributed by atoms with E-state index < -0.39 is 0 Å². The van der Waals surface area contributed by atoms with Crippen molar-refractivity contribution in [2.75, 3.05) is 29.9 Å². The summed E-state index contributed by atoms with van der Waals surface area (Å²) in [4.78, 5) is 30.7. The van der Waals surface area contributed by atoms with Gasteiger partial charge in [-0.15, -0.1) is 24.8 Å². The van der Waals surface area contributed by atoms with Gasteiger partial charge in [-0.3, -0.25) is 14.6 Å². The molecule has 8 heteroatoms. The van der Waals surface area contributed by atoms with Crippen molar-refractivity contribution < 1.29 is 9.59 Å². The van der Waals surface area contributed by atoms with Crippen molar-refractivity contribution in [1.82, 2.24) is 10.3 Å². The molecule has 0 saturated carbocycles. The number of nitrogens with one attached hydrogen (secondary N) is 2. The van der Waals surface area contributed by atoms with Crippen molar-refractivity contribution >= 4 is 48.0 Å². The summed E-state index contributed by atoms with van der Waals surface area (Å²) in [5, 5.41) is 6.20. The molecule has 1 unspecified atom stereocenters. The van der Waals surface area contributed by atoms with E-state index in [0.717, 1.165) is 42.9 Å². The molecule has 27 heavy (non-hydrogen) atoms. The summed E-state index contributed by atoms with van der Waals surface area (Å²) in [5.74, 6) is 0.0591. The Hall–Kier alpha value is -2.15. The second kappa shape index (κ2) is 9.17. The molecule has 4 rings (SSSR count). The van der Waals surface area contributed by atoms with Gasteiger partial charge in [0.25, 0.3) is 5.91 Å². The van der Waals surface area contributed by atoms with E-state index in [9.17, 15) is 9.59 Å². The number of benzene rings is 1. The maximum absolute atomic E-state index is 12.7. The predicted molar refractivity (Wildman–Crippen MR) is 110 cm³/mol. The predicted octanol–water partition coefficient (Wildman–Crippen LogP) is 2.68. The fourth-order valence-corrected chi connectivity index (χ4v) is 3.46. The second-order valence-corrected chi connectivity index (χ2v) is 6.47. The Morgan fingerprint density at radius 1 is 1.22 bits per heavy atom. The van der Waals surface area contributed by atoms with E-state index in [0.29, 0.717) is 12.1 Å². The van der Waals surface area contributed by atoms with Crippen molar-refractivity contribution in [2.24, 2.45) is 5.92 Å². The summed E-state index contributed by atoms with van der Waals surface area (Å²) in [5.41, 5.74) is 3.38. The van der Waals surface area contributed by atoms with Gasteiger partial charge >= 0.3 is 0 Å². The smallest absolute Gasteiger partial charge is 0.259 e. The Morgan fingerprint density at radius 3 is 2.78 bits per heavy atom. The van der Waals surface area contributed by atoms with Gasteiger partial charge in [0.2, 0.25) is 5.91 Å². The quantitative estimate of drug-likeness (QED) is 0.818. The van der Waals surface area contributed by atoms with Gasteiger partial charge in [-0.2, -0.15) is 0 Å². The number of carbonyl (C=O) groups excluding carboxylic acids is 2. The van der Waals surface area contributed by atoms with Crippen LogP contribution in [0.5, 0.6) is 0 Å². The van der Waals surface area contributed by atoms with E-state index in [1.54, 1.807) is 29.4 Å². The van der Waals surface area contributed by atoms with Gasteiger partial charge in [0, 0.05) is 36.9 Å². The monoisotopic (exact) mass is 408 g/mol. The minimum atomic E-state index is -0.0411. The number of nitrogens with zero attached hydrogens (tertiary/aromatic N) is 2. The highest BCUT2D eigenvalue weighted by Gasteiger charge is 2.27. The van der Waals surface area contributed by atoms with Crippen LogP contribution in [0.1, 0.15) is 22.3 Å². The van der Waals surface area contributed by atoms with Crippen LogP contribution in [0.2, 0.25) is 0 Å². The van der Waals surface area contributed by atoms with E-state index in [2.05, 4.69) is 15.6 Å². The third kappa shape index (κ3) is 4.40. The zero-order chi connectivity index (χ0) is 17.2. The highest BCUT2D eigenvalue weighted by atomic mass is 35.5. The number of fused-ring (bicyclic) bond motifs is 1. The van der Waals surface area contributed by atoms with E-state index in [-0.39, 0.29) is 42.5 Å². The summed E-state index contributed by atoms with van der Waals surface area (Å²) >= 11 is 0. The van der Waals surface area contributed by atoms with E-state index in [4.69, 9.17) is 0 Å². The molecule has 0 aliphatic carbocycles. The molecule has 1 fully saturated rings. The Kier molecular flexibility index (Phi) is 7.18. The third-order valence-corrected chi connectivity index (χ3v) is 4.83. The largest absolute Gasteiger partial charge is 0.326 e. The van der Waals surface area contributed by atoms with Crippen LogP contribution in [0.15, 0.2) is 42.7 Å². The Labute approximate surface area is 170 Å². The normalized spacial score (nSPS) is 17.5. The molecule has 2 aliphatic rings. The summed E-state index contributed by atoms with van der Waals surface area (Å²) in [7, 11) is 0. The Balaban J connectivity index is 0.00000131. The highest BCUT2D eigenvalue weighted by Crippen LogP contribution is 2.31. The molecule has 0 radical (unpaired) electrons. The summed E-state index contributed by atoms with van der Waals surface area (Å²) < 4.78 is 0. The van der Waals surface area contributed by atoms with E-state index >= 15 is 0 Å². The highest BCUT2D eigenvalue weighted by molar-refractivity contribution is 6.07. The van der Waals surface area contributed by atoms with Crippen LogP contribution in [-0.4, -0.2) is 36.4 Å². The lowest BCUT2D eigenvalue weighted by molar-refractivity contribution is -0.119. The van der Waals surface area contributed by atoms with Crippen LogP contribution >= 0.6 is 24.8 Å². The van der Waals surface area contributed by atoms with Gasteiger partial charge in [-0.05, 0) is 55.3 Å². The fourth-order valence-electron chi connectivity index (χ4n) is 3.46. The number of hydrogen-bond donors (Lipinski definition) is 2. The Bertz CT molecular complexity index is 811. The van der Waals surface area contributed by atoms with Crippen molar-refractivity contribution in [1.29, 1.82) is 0 Å². The van der Waals surface area contributed by atoms with Crippen molar-refractivity contribution in [3.63, 3.8) is 0 Å². The molecular weight excluding hydrogens is 387 g/mol. The summed E-state index contributed by atoms with van der Waals surface area (Å²) in [6.07, 6.45) is 4.91. The molecule has 0 spiro atoms. The standard InChI is InChI=1S/C19H20N4O2.2ClH/c24-18(14-5-8-21-11-14)22-16-3-4-17-13(10-16)6-9-23(17)19(25)15-2-1-7-20-12-15;;/h1-4,7,10,12,14,21H,5-6,8-9,11H2,(H,22,24);2*1H. The SMILES string of the molecule is Cl.Cl.O=C(Nc1ccc2c(c1)CCN2C(=O)c1cccnc1)C1CCNC1. The average molecular weight is 409 g/mol. The lowest BCUT2D eigenvalue weighted by Crippen LogP contribution is -2.28. The number of rotatable bonds is 3. The first-order valence-corrected chi connectivity index (χ1v) is 8.59. The van der Waals surface area contributed by atoms with Crippen LogP contribution in [0.4, 0.5) is 11.4 Å². The molecule has 3 heterocycles. The first-order valence-electron chi connectivity index (χ1n) is 8.59. The molecule has 2 aliphatic heterocycles. The van der Waals surface area contributed by atoms with Crippen LogP contribution in [0.25, 0.3) is 0 Å². The van der Waals surface area contributed by atoms with E-state index in [1.165, 1.54) is 0 Å². The molecule has 6 nitrogen and oxygen atoms in total. The number of carbonyl (C=O) groups is 2. The molecule has 0 bridgehead atoms. The zero-order valence-electron chi connectivity index (χ0n) is 14.7. The molecule has 144 valence electrons. The summed E-state index contributed by atoms with van der Waals surface area (Å²) in [6.45, 7) is 2.28. The number of anilines is 2. The number of pyridine rings is 1. The minimum absolute atomic E-state index is 0. The number of aromatic nitrogens is 1. The molecule has 2 N–H and O–H groups in total. The minimum Gasteiger partial charge on any atom is -0.326 e.